The van der Waals surface area contributed by atoms with Crippen LogP contribution in [0.25, 0.3) is 0 Å². The summed E-state index contributed by atoms with van der Waals surface area (Å²) < 4.78 is 26.4. The fourth-order valence-electron chi connectivity index (χ4n) is 2.76. The topological polar surface area (TPSA) is 133 Å². The largest absolute Gasteiger partial charge is 0.396 e. The van der Waals surface area contributed by atoms with Gasteiger partial charge in [-0.2, -0.15) is 0 Å². The van der Waals surface area contributed by atoms with Gasteiger partial charge < -0.3 is 17.2 Å². The zero-order chi connectivity index (χ0) is 20.5. The highest BCUT2D eigenvalue weighted by Gasteiger charge is 2.26. The Balaban J connectivity index is 2.17. The number of anilines is 4. The monoisotopic (exact) mass is 460 g/mol. The van der Waals surface area contributed by atoms with E-state index in [-0.39, 0.29) is 26.9 Å². The molecule has 28 heavy (non-hydrogen) atoms. The van der Waals surface area contributed by atoms with Crippen molar-refractivity contribution in [2.45, 2.75) is 9.79 Å². The SMILES string of the molecule is NC(=O)N(c1ccccc1Br)c1ccc(S(=O)(=O)c2ccccc2)c(N)c1N. The number of carbonyl (C=O) groups is 1. The molecular formula is C19H17BrN4O3S. The number of halogens is 1. The second-order valence-electron chi connectivity index (χ2n) is 5.85. The second-order valence-corrected chi connectivity index (χ2v) is 8.62. The van der Waals surface area contributed by atoms with E-state index in [1.165, 1.54) is 24.3 Å². The van der Waals surface area contributed by atoms with Crippen LogP contribution in [0.2, 0.25) is 0 Å². The Hall–Kier alpha value is -3.04. The van der Waals surface area contributed by atoms with Crippen molar-refractivity contribution < 1.29 is 13.2 Å². The van der Waals surface area contributed by atoms with Crippen LogP contribution in [0.3, 0.4) is 0 Å². The third-order valence-electron chi connectivity index (χ3n) is 4.12. The Kier molecular flexibility index (Phi) is 5.30. The number of amides is 2. The van der Waals surface area contributed by atoms with E-state index in [1.54, 1.807) is 42.5 Å². The van der Waals surface area contributed by atoms with Crippen molar-refractivity contribution in [2.24, 2.45) is 5.73 Å². The number of sulfone groups is 1. The van der Waals surface area contributed by atoms with Gasteiger partial charge >= 0.3 is 6.03 Å². The van der Waals surface area contributed by atoms with Gasteiger partial charge in [0, 0.05) is 4.47 Å². The lowest BCUT2D eigenvalue weighted by Gasteiger charge is -2.24. The third kappa shape index (κ3) is 3.41. The first-order valence-electron chi connectivity index (χ1n) is 8.07. The van der Waals surface area contributed by atoms with Crippen molar-refractivity contribution in [3.63, 3.8) is 0 Å². The lowest BCUT2D eigenvalue weighted by atomic mass is 10.2. The molecule has 0 radical (unpaired) electrons. The number of urea groups is 1. The maximum Gasteiger partial charge on any atom is 0.323 e. The Bertz CT molecular complexity index is 1150. The molecule has 2 amide bonds. The van der Waals surface area contributed by atoms with Crippen LogP contribution < -0.4 is 22.1 Å². The van der Waals surface area contributed by atoms with E-state index in [1.807, 2.05) is 0 Å². The van der Waals surface area contributed by atoms with E-state index >= 15 is 0 Å². The van der Waals surface area contributed by atoms with Crippen molar-refractivity contribution in [3.8, 4) is 0 Å². The fourth-order valence-corrected chi connectivity index (χ4v) is 4.64. The number of para-hydroxylation sites is 1. The van der Waals surface area contributed by atoms with Gasteiger partial charge in [-0.25, -0.2) is 13.2 Å². The predicted molar refractivity (Wildman–Crippen MR) is 113 cm³/mol. The summed E-state index contributed by atoms with van der Waals surface area (Å²) in [5.74, 6) is 0. The number of nitrogen functional groups attached to an aromatic ring is 2. The van der Waals surface area contributed by atoms with Crippen molar-refractivity contribution in [2.75, 3.05) is 16.4 Å². The summed E-state index contributed by atoms with van der Waals surface area (Å²) in [4.78, 5) is 13.2. The molecule has 6 N–H and O–H groups in total. The Morgan fingerprint density at radius 3 is 2.04 bits per heavy atom. The van der Waals surface area contributed by atoms with Gasteiger partial charge in [-0.3, -0.25) is 4.90 Å². The molecule has 0 aliphatic carbocycles. The van der Waals surface area contributed by atoms with Crippen molar-refractivity contribution in [1.82, 2.24) is 0 Å². The number of nitrogens with two attached hydrogens (primary N) is 3. The van der Waals surface area contributed by atoms with Gasteiger partial charge in [0.2, 0.25) is 9.84 Å². The number of hydrogen-bond donors (Lipinski definition) is 3. The van der Waals surface area contributed by atoms with Crippen LogP contribution >= 0.6 is 15.9 Å². The molecule has 0 bridgehead atoms. The summed E-state index contributed by atoms with van der Waals surface area (Å²) in [6.07, 6.45) is 0. The lowest BCUT2D eigenvalue weighted by Crippen LogP contribution is -2.32. The Morgan fingerprint density at radius 2 is 1.43 bits per heavy atom. The molecule has 7 nitrogen and oxygen atoms in total. The number of rotatable bonds is 4. The van der Waals surface area contributed by atoms with Gasteiger partial charge in [0.25, 0.3) is 0 Å². The molecule has 0 heterocycles. The molecule has 0 saturated heterocycles. The van der Waals surface area contributed by atoms with E-state index in [4.69, 9.17) is 17.2 Å². The average Bonchev–Trinajstić information content (AvgIpc) is 2.67. The van der Waals surface area contributed by atoms with Gasteiger partial charge in [0.1, 0.15) is 0 Å². The van der Waals surface area contributed by atoms with Crippen LogP contribution in [-0.2, 0) is 9.84 Å². The minimum Gasteiger partial charge on any atom is -0.396 e. The highest BCUT2D eigenvalue weighted by atomic mass is 79.9. The molecule has 3 rings (SSSR count). The maximum absolute atomic E-state index is 12.9. The van der Waals surface area contributed by atoms with Gasteiger partial charge in [0.05, 0.1) is 32.5 Å². The number of carbonyl (C=O) groups excluding carboxylic acids is 1. The molecule has 0 saturated carbocycles. The fraction of sp³-hybridized carbons (Fsp3) is 0. The molecule has 3 aromatic carbocycles. The van der Waals surface area contributed by atoms with Crippen molar-refractivity contribution in [3.05, 3.63) is 71.2 Å². The van der Waals surface area contributed by atoms with Crippen molar-refractivity contribution >= 4 is 54.5 Å². The van der Waals surface area contributed by atoms with Crippen LogP contribution in [0.4, 0.5) is 27.5 Å². The van der Waals surface area contributed by atoms with Gasteiger partial charge in [0.15, 0.2) is 0 Å². The number of nitrogens with zero attached hydrogens (tertiary/aromatic N) is 1. The van der Waals surface area contributed by atoms with Gasteiger partial charge in [-0.05, 0) is 52.3 Å². The van der Waals surface area contributed by atoms with Crippen LogP contribution in [0.1, 0.15) is 0 Å². The minimum absolute atomic E-state index is 0.0634. The van der Waals surface area contributed by atoms with Crippen LogP contribution in [0.5, 0.6) is 0 Å². The first-order valence-corrected chi connectivity index (χ1v) is 10.3. The van der Waals surface area contributed by atoms with Gasteiger partial charge in [-0.1, -0.05) is 30.3 Å². The molecule has 0 atom stereocenters. The molecule has 0 aromatic heterocycles. The summed E-state index contributed by atoms with van der Waals surface area (Å²) in [5.41, 5.74) is 18.2. The first-order chi connectivity index (χ1) is 13.2. The number of primary amides is 1. The van der Waals surface area contributed by atoms with Crippen molar-refractivity contribution in [1.29, 1.82) is 0 Å². The molecule has 0 aliphatic rings. The average molecular weight is 461 g/mol. The zero-order valence-corrected chi connectivity index (χ0v) is 16.9. The summed E-state index contributed by atoms with van der Waals surface area (Å²) in [6.45, 7) is 0. The maximum atomic E-state index is 12.9. The molecule has 0 fully saturated rings. The smallest absolute Gasteiger partial charge is 0.323 e. The number of benzene rings is 3. The summed E-state index contributed by atoms with van der Waals surface area (Å²) in [5, 5.41) is 0. The number of hydrogen-bond acceptors (Lipinski definition) is 5. The molecular weight excluding hydrogens is 444 g/mol. The molecule has 0 spiro atoms. The Morgan fingerprint density at radius 1 is 0.821 bits per heavy atom. The summed E-state index contributed by atoms with van der Waals surface area (Å²) in [6, 6.07) is 16.7. The van der Waals surface area contributed by atoms with E-state index in [9.17, 15) is 13.2 Å². The molecule has 144 valence electrons. The van der Waals surface area contributed by atoms with Crippen LogP contribution in [0.15, 0.2) is 81.0 Å². The normalized spacial score (nSPS) is 11.2. The third-order valence-corrected chi connectivity index (χ3v) is 6.62. The first kappa shape index (κ1) is 19.7. The summed E-state index contributed by atoms with van der Waals surface area (Å²) in [7, 11) is -3.88. The van der Waals surface area contributed by atoms with E-state index in [0.717, 1.165) is 4.90 Å². The van der Waals surface area contributed by atoms with Gasteiger partial charge in [-0.15, -0.1) is 0 Å². The van der Waals surface area contributed by atoms with Crippen LogP contribution in [-0.4, -0.2) is 14.4 Å². The zero-order valence-electron chi connectivity index (χ0n) is 14.5. The highest BCUT2D eigenvalue weighted by Crippen LogP contribution is 2.40. The molecule has 9 heteroatoms. The molecule has 0 aliphatic heterocycles. The lowest BCUT2D eigenvalue weighted by molar-refractivity contribution is 0.256. The predicted octanol–water partition coefficient (Wildman–Crippen LogP) is 3.66. The highest BCUT2D eigenvalue weighted by molar-refractivity contribution is 9.10. The van der Waals surface area contributed by atoms with E-state index in [0.29, 0.717) is 10.2 Å². The minimum atomic E-state index is -3.88. The van der Waals surface area contributed by atoms with E-state index < -0.39 is 15.9 Å². The Labute approximate surface area is 170 Å². The second kappa shape index (κ2) is 7.53. The molecule has 0 unspecified atom stereocenters. The quantitative estimate of drug-likeness (QED) is 0.510. The summed E-state index contributed by atoms with van der Waals surface area (Å²) >= 11 is 3.36. The van der Waals surface area contributed by atoms with Crippen LogP contribution in [0, 0.1) is 0 Å². The van der Waals surface area contributed by atoms with E-state index in [2.05, 4.69) is 15.9 Å². The molecule has 3 aromatic rings. The standard InChI is InChI=1S/C19H17BrN4O3S/c20-13-8-4-5-9-14(13)24(19(23)25)15-10-11-16(18(22)17(15)21)28(26,27)12-6-2-1-3-7-12/h1-11H,21-22H2,(H2,23,25).